The summed E-state index contributed by atoms with van der Waals surface area (Å²) >= 11 is 0. The second-order valence-electron chi connectivity index (χ2n) is 4.05. The normalized spacial score (nSPS) is 9.65. The minimum Gasteiger partial charge on any atom is -0.478 e. The van der Waals surface area contributed by atoms with E-state index in [0.717, 1.165) is 10.8 Å². The first-order valence-electron chi connectivity index (χ1n) is 6.06. The van der Waals surface area contributed by atoms with Crippen LogP contribution in [0, 0.1) is 11.8 Å². The number of fused-ring (bicyclic) bond motifs is 1. The van der Waals surface area contributed by atoms with Crippen LogP contribution >= 0.6 is 0 Å². The number of carboxylic acids is 1. The molecule has 0 aliphatic rings. The van der Waals surface area contributed by atoms with Crippen molar-refractivity contribution in [1.29, 1.82) is 0 Å². The Bertz CT molecular complexity index is 735. The Morgan fingerprint density at radius 2 is 1.85 bits per heavy atom. The molecule has 2 aromatic carbocycles. The van der Waals surface area contributed by atoms with Crippen molar-refractivity contribution < 1.29 is 19.4 Å². The van der Waals surface area contributed by atoms with Crippen LogP contribution in [0.25, 0.3) is 10.8 Å². The van der Waals surface area contributed by atoms with E-state index in [2.05, 4.69) is 11.8 Å². The minimum atomic E-state index is -0.960. The summed E-state index contributed by atoms with van der Waals surface area (Å²) in [4.78, 5) is 22.0. The van der Waals surface area contributed by atoms with E-state index in [1.165, 1.54) is 6.07 Å². The zero-order chi connectivity index (χ0) is 14.5. The number of esters is 1. The number of aromatic carboxylic acids is 1. The number of carboxylic acid groups (broad SMARTS) is 1. The van der Waals surface area contributed by atoms with Gasteiger partial charge in [0.15, 0.2) is 0 Å². The Morgan fingerprint density at radius 3 is 2.55 bits per heavy atom. The quantitative estimate of drug-likeness (QED) is 0.671. The van der Waals surface area contributed by atoms with Crippen LogP contribution in [0.3, 0.4) is 0 Å². The summed E-state index contributed by atoms with van der Waals surface area (Å²) in [6.45, 7) is 2.01. The maximum absolute atomic E-state index is 11.1. The second kappa shape index (κ2) is 5.89. The molecule has 100 valence electrons. The smallest absolute Gasteiger partial charge is 0.384 e. The highest BCUT2D eigenvalue weighted by Gasteiger charge is 2.03. The standard InChI is InChI=1S/C16H12O4/c1-2-20-15(17)8-4-11-3-5-13-10-14(16(18)19)7-6-12(13)9-11/h3,5-7,9-10H,2H2,1H3,(H,18,19). The molecule has 0 bridgehead atoms. The fourth-order valence-corrected chi connectivity index (χ4v) is 1.75. The van der Waals surface area contributed by atoms with Crippen LogP contribution in [-0.2, 0) is 9.53 Å². The van der Waals surface area contributed by atoms with Crippen molar-refractivity contribution >= 4 is 22.7 Å². The van der Waals surface area contributed by atoms with Gasteiger partial charge in [-0.05, 0) is 42.0 Å². The lowest BCUT2D eigenvalue weighted by Crippen LogP contribution is -1.99. The first kappa shape index (κ1) is 13.6. The zero-order valence-electron chi connectivity index (χ0n) is 10.8. The molecular weight excluding hydrogens is 256 g/mol. The first-order chi connectivity index (χ1) is 9.60. The van der Waals surface area contributed by atoms with Crippen molar-refractivity contribution in [3.05, 3.63) is 47.5 Å². The van der Waals surface area contributed by atoms with E-state index in [1.54, 1.807) is 37.3 Å². The van der Waals surface area contributed by atoms with Gasteiger partial charge in [-0.1, -0.05) is 18.1 Å². The van der Waals surface area contributed by atoms with Crippen LogP contribution in [0.2, 0.25) is 0 Å². The first-order valence-corrected chi connectivity index (χ1v) is 6.06. The Hall–Kier alpha value is -2.80. The summed E-state index contributed by atoms with van der Waals surface area (Å²) in [6.07, 6.45) is 0. The van der Waals surface area contributed by atoms with Crippen molar-refractivity contribution in [2.75, 3.05) is 6.61 Å². The van der Waals surface area contributed by atoms with Gasteiger partial charge in [0.05, 0.1) is 12.2 Å². The Kier molecular flexibility index (Phi) is 4.02. The molecular formula is C16H12O4. The minimum absolute atomic E-state index is 0.239. The molecule has 4 nitrogen and oxygen atoms in total. The molecule has 0 heterocycles. The Morgan fingerprint density at radius 1 is 1.15 bits per heavy atom. The molecule has 0 aromatic heterocycles. The third-order valence-electron chi connectivity index (χ3n) is 2.67. The molecule has 0 radical (unpaired) electrons. The number of benzene rings is 2. The molecule has 4 heteroatoms. The van der Waals surface area contributed by atoms with E-state index in [1.807, 2.05) is 0 Å². The van der Waals surface area contributed by atoms with Gasteiger partial charge in [0.2, 0.25) is 0 Å². The molecule has 0 fully saturated rings. The van der Waals surface area contributed by atoms with Crippen LogP contribution in [0.1, 0.15) is 22.8 Å². The van der Waals surface area contributed by atoms with Crippen LogP contribution in [0.15, 0.2) is 36.4 Å². The lowest BCUT2D eigenvalue weighted by Gasteiger charge is -2.00. The van der Waals surface area contributed by atoms with Gasteiger partial charge in [0.25, 0.3) is 0 Å². The molecule has 2 aromatic rings. The Labute approximate surface area is 116 Å². The van der Waals surface area contributed by atoms with E-state index >= 15 is 0 Å². The molecule has 0 atom stereocenters. The Balaban J connectivity index is 2.33. The molecule has 0 aliphatic carbocycles. The van der Waals surface area contributed by atoms with Gasteiger partial charge >= 0.3 is 11.9 Å². The molecule has 20 heavy (non-hydrogen) atoms. The number of rotatable bonds is 2. The average molecular weight is 268 g/mol. The predicted octanol–water partition coefficient (Wildman–Crippen LogP) is 2.45. The molecule has 0 aliphatic heterocycles. The number of carbonyl (C=O) groups excluding carboxylic acids is 1. The maximum atomic E-state index is 11.1. The largest absolute Gasteiger partial charge is 0.478 e. The van der Waals surface area contributed by atoms with Gasteiger partial charge in [0.1, 0.15) is 0 Å². The summed E-state index contributed by atoms with van der Waals surface area (Å²) < 4.78 is 4.72. The van der Waals surface area contributed by atoms with Gasteiger partial charge in [-0.2, -0.15) is 0 Å². The summed E-state index contributed by atoms with van der Waals surface area (Å²) in [5.74, 6) is 3.59. The third kappa shape index (κ3) is 3.15. The molecule has 0 saturated heterocycles. The fourth-order valence-electron chi connectivity index (χ4n) is 1.75. The van der Waals surface area contributed by atoms with Crippen molar-refractivity contribution in [2.45, 2.75) is 6.92 Å². The number of ether oxygens (including phenoxy) is 1. The lowest BCUT2D eigenvalue weighted by molar-refractivity contribution is -0.136. The van der Waals surface area contributed by atoms with Crippen molar-refractivity contribution in [1.82, 2.24) is 0 Å². The number of hydrogen-bond donors (Lipinski definition) is 1. The molecule has 0 spiro atoms. The van der Waals surface area contributed by atoms with Crippen molar-refractivity contribution in [3.8, 4) is 11.8 Å². The lowest BCUT2D eigenvalue weighted by atomic mass is 10.0. The summed E-state index contributed by atoms with van der Waals surface area (Å²) in [6, 6.07) is 10.2. The van der Waals surface area contributed by atoms with Crippen molar-refractivity contribution in [2.24, 2.45) is 0 Å². The van der Waals surface area contributed by atoms with E-state index in [9.17, 15) is 9.59 Å². The number of carbonyl (C=O) groups is 2. The molecule has 0 saturated carbocycles. The number of hydrogen-bond acceptors (Lipinski definition) is 3. The highest BCUT2D eigenvalue weighted by Crippen LogP contribution is 2.17. The van der Waals surface area contributed by atoms with Gasteiger partial charge in [-0.3, -0.25) is 0 Å². The molecule has 1 N–H and O–H groups in total. The molecule has 0 amide bonds. The topological polar surface area (TPSA) is 63.6 Å². The summed E-state index contributed by atoms with van der Waals surface area (Å²) in [7, 11) is 0. The van der Waals surface area contributed by atoms with Crippen LogP contribution in [-0.4, -0.2) is 23.7 Å². The van der Waals surface area contributed by atoms with E-state index in [4.69, 9.17) is 9.84 Å². The third-order valence-corrected chi connectivity index (χ3v) is 2.67. The van der Waals surface area contributed by atoms with Gasteiger partial charge in [-0.15, -0.1) is 0 Å². The monoisotopic (exact) mass is 268 g/mol. The predicted molar refractivity (Wildman–Crippen MR) is 74.4 cm³/mol. The SMILES string of the molecule is CCOC(=O)C#Cc1ccc2cc(C(=O)O)ccc2c1. The second-order valence-corrected chi connectivity index (χ2v) is 4.05. The fraction of sp³-hybridized carbons (Fsp3) is 0.125. The van der Waals surface area contributed by atoms with Gasteiger partial charge < -0.3 is 9.84 Å². The van der Waals surface area contributed by atoms with Crippen LogP contribution < -0.4 is 0 Å². The van der Waals surface area contributed by atoms with E-state index in [0.29, 0.717) is 12.2 Å². The summed E-state index contributed by atoms with van der Waals surface area (Å²) in [5.41, 5.74) is 0.913. The molecule has 2 rings (SSSR count). The molecule has 0 unspecified atom stereocenters. The zero-order valence-corrected chi connectivity index (χ0v) is 10.8. The highest BCUT2D eigenvalue weighted by atomic mass is 16.5. The van der Waals surface area contributed by atoms with E-state index < -0.39 is 11.9 Å². The summed E-state index contributed by atoms with van der Waals surface area (Å²) in [5, 5.41) is 10.6. The highest BCUT2D eigenvalue weighted by molar-refractivity contribution is 5.95. The van der Waals surface area contributed by atoms with Gasteiger partial charge in [-0.25, -0.2) is 9.59 Å². The van der Waals surface area contributed by atoms with Crippen LogP contribution in [0.4, 0.5) is 0 Å². The van der Waals surface area contributed by atoms with Crippen molar-refractivity contribution in [3.63, 3.8) is 0 Å². The van der Waals surface area contributed by atoms with Crippen LogP contribution in [0.5, 0.6) is 0 Å². The van der Waals surface area contributed by atoms with E-state index in [-0.39, 0.29) is 5.56 Å². The van der Waals surface area contributed by atoms with Gasteiger partial charge in [0, 0.05) is 11.5 Å². The average Bonchev–Trinajstić information content (AvgIpc) is 2.44. The maximum Gasteiger partial charge on any atom is 0.384 e.